The number of rotatable bonds is 6. The van der Waals surface area contributed by atoms with E-state index in [-0.39, 0.29) is 0 Å². The van der Waals surface area contributed by atoms with E-state index in [0.29, 0.717) is 5.82 Å². The van der Waals surface area contributed by atoms with Crippen LogP contribution in [-0.2, 0) is 0 Å². The number of para-hydroxylation sites is 5. The Bertz CT molecular complexity index is 3160. The number of hydrogen-bond acceptors (Lipinski definition) is 2. The predicted molar refractivity (Wildman–Crippen MR) is 232 cm³/mol. The molecule has 11 rings (SSSR count). The molecule has 8 aromatic carbocycles. The number of aromatic nitrogens is 4. The Morgan fingerprint density at radius 2 is 0.821 bits per heavy atom. The molecule has 3 aromatic heterocycles. The molecule has 4 nitrogen and oxygen atoms in total. The quantitative estimate of drug-likeness (QED) is 0.172. The van der Waals surface area contributed by atoms with E-state index >= 15 is 0 Å². The molecule has 0 aliphatic carbocycles. The van der Waals surface area contributed by atoms with Gasteiger partial charge in [-0.2, -0.15) is 0 Å². The molecular formula is C52H34N4. The second-order valence-electron chi connectivity index (χ2n) is 14.2. The molecule has 262 valence electrons. The van der Waals surface area contributed by atoms with E-state index in [2.05, 4.69) is 203 Å². The lowest BCUT2D eigenvalue weighted by Gasteiger charge is -2.15. The first-order valence-electron chi connectivity index (χ1n) is 19.0. The van der Waals surface area contributed by atoms with Crippen molar-refractivity contribution in [2.45, 2.75) is 0 Å². The Hall–Kier alpha value is -7.56. The van der Waals surface area contributed by atoms with E-state index in [1.165, 1.54) is 32.6 Å². The van der Waals surface area contributed by atoms with Gasteiger partial charge in [0.15, 0.2) is 5.82 Å². The van der Waals surface area contributed by atoms with Gasteiger partial charge in [0, 0.05) is 55.2 Å². The van der Waals surface area contributed by atoms with Gasteiger partial charge in [0.05, 0.1) is 33.5 Å². The van der Waals surface area contributed by atoms with E-state index in [0.717, 1.165) is 61.6 Å². The molecule has 0 atom stereocenters. The van der Waals surface area contributed by atoms with Crippen LogP contribution in [0.4, 0.5) is 0 Å². The van der Waals surface area contributed by atoms with Crippen LogP contribution in [0.3, 0.4) is 0 Å². The molecule has 11 aromatic rings. The largest absolute Gasteiger partial charge is 0.309 e. The van der Waals surface area contributed by atoms with E-state index in [4.69, 9.17) is 9.97 Å². The summed E-state index contributed by atoms with van der Waals surface area (Å²) in [5.74, 6) is 0.675. The van der Waals surface area contributed by atoms with Crippen molar-refractivity contribution in [2.75, 3.05) is 0 Å². The van der Waals surface area contributed by atoms with E-state index in [1.54, 1.807) is 0 Å². The summed E-state index contributed by atoms with van der Waals surface area (Å²) in [5, 5.41) is 4.81. The van der Waals surface area contributed by atoms with Crippen LogP contribution >= 0.6 is 0 Å². The van der Waals surface area contributed by atoms with E-state index < -0.39 is 0 Å². The van der Waals surface area contributed by atoms with Crippen molar-refractivity contribution in [3.8, 4) is 56.4 Å². The zero-order chi connectivity index (χ0) is 37.0. The Morgan fingerprint density at radius 1 is 0.321 bits per heavy atom. The first-order valence-corrected chi connectivity index (χ1v) is 19.0. The van der Waals surface area contributed by atoms with Crippen LogP contribution in [-0.4, -0.2) is 19.1 Å². The Kier molecular flexibility index (Phi) is 7.46. The average Bonchev–Trinajstić information content (AvgIpc) is 3.80. The summed E-state index contributed by atoms with van der Waals surface area (Å²) in [5.41, 5.74) is 13.9. The van der Waals surface area contributed by atoms with Gasteiger partial charge in [-0.1, -0.05) is 152 Å². The average molecular weight is 715 g/mol. The maximum atomic E-state index is 5.33. The fraction of sp³-hybridized carbons (Fsp3) is 0. The van der Waals surface area contributed by atoms with Crippen molar-refractivity contribution in [3.05, 3.63) is 206 Å². The third-order valence-electron chi connectivity index (χ3n) is 10.9. The molecule has 0 aliphatic heterocycles. The van der Waals surface area contributed by atoms with Crippen molar-refractivity contribution < 1.29 is 0 Å². The number of fused-ring (bicyclic) bond motifs is 6. The zero-order valence-electron chi connectivity index (χ0n) is 30.4. The smallest absolute Gasteiger partial charge is 0.160 e. The maximum Gasteiger partial charge on any atom is 0.160 e. The molecule has 0 spiro atoms. The van der Waals surface area contributed by atoms with E-state index in [9.17, 15) is 0 Å². The third kappa shape index (κ3) is 5.15. The van der Waals surface area contributed by atoms with Gasteiger partial charge in [-0.05, 0) is 60.2 Å². The molecule has 0 amide bonds. The summed E-state index contributed by atoms with van der Waals surface area (Å²) in [6.07, 6.45) is 0. The Morgan fingerprint density at radius 3 is 1.45 bits per heavy atom. The van der Waals surface area contributed by atoms with Crippen molar-refractivity contribution in [3.63, 3.8) is 0 Å². The van der Waals surface area contributed by atoms with Crippen LogP contribution in [0.15, 0.2) is 206 Å². The minimum Gasteiger partial charge on any atom is -0.309 e. The molecule has 0 saturated carbocycles. The van der Waals surface area contributed by atoms with Crippen LogP contribution in [0, 0.1) is 0 Å². The summed E-state index contributed by atoms with van der Waals surface area (Å²) in [7, 11) is 0. The van der Waals surface area contributed by atoms with Crippen molar-refractivity contribution >= 4 is 43.6 Å². The second-order valence-corrected chi connectivity index (χ2v) is 14.2. The van der Waals surface area contributed by atoms with Gasteiger partial charge in [0.1, 0.15) is 0 Å². The molecule has 0 unspecified atom stereocenters. The number of benzene rings is 8. The highest BCUT2D eigenvalue weighted by molar-refractivity contribution is 6.21. The SMILES string of the molecule is c1ccc(-c2cc(-c3ccccc3)nc(-c3cc(-c4cccc5c6ccccc6n(-c6ccccc6)c45)c4c5ccccc5n(-c5ccccc5)c4c3)n2)cc1. The molecule has 0 N–H and O–H groups in total. The lowest BCUT2D eigenvalue weighted by atomic mass is 9.94. The molecule has 3 heterocycles. The lowest BCUT2D eigenvalue weighted by Crippen LogP contribution is -1.99. The molecule has 0 fully saturated rings. The molecule has 0 radical (unpaired) electrons. The molecule has 56 heavy (non-hydrogen) atoms. The van der Waals surface area contributed by atoms with Gasteiger partial charge in [0.25, 0.3) is 0 Å². The minimum atomic E-state index is 0.675. The third-order valence-corrected chi connectivity index (χ3v) is 10.9. The Balaban J connectivity index is 1.30. The minimum absolute atomic E-state index is 0.675. The number of hydrogen-bond donors (Lipinski definition) is 0. The lowest BCUT2D eigenvalue weighted by molar-refractivity contribution is 1.17. The van der Waals surface area contributed by atoms with Crippen LogP contribution in [0.1, 0.15) is 0 Å². The monoisotopic (exact) mass is 714 g/mol. The summed E-state index contributed by atoms with van der Waals surface area (Å²) in [4.78, 5) is 10.7. The molecule has 0 saturated heterocycles. The predicted octanol–water partition coefficient (Wildman–Crippen LogP) is 13.3. The topological polar surface area (TPSA) is 35.6 Å². The highest BCUT2D eigenvalue weighted by Gasteiger charge is 2.23. The summed E-state index contributed by atoms with van der Waals surface area (Å²) < 4.78 is 4.82. The van der Waals surface area contributed by atoms with Gasteiger partial charge >= 0.3 is 0 Å². The van der Waals surface area contributed by atoms with Crippen molar-refractivity contribution in [2.24, 2.45) is 0 Å². The van der Waals surface area contributed by atoms with Gasteiger partial charge in [0.2, 0.25) is 0 Å². The van der Waals surface area contributed by atoms with Gasteiger partial charge in [-0.25, -0.2) is 9.97 Å². The van der Waals surface area contributed by atoms with Gasteiger partial charge in [-0.3, -0.25) is 0 Å². The number of nitrogens with zero attached hydrogens (tertiary/aromatic N) is 4. The maximum absolute atomic E-state index is 5.33. The normalized spacial score (nSPS) is 11.6. The van der Waals surface area contributed by atoms with Crippen molar-refractivity contribution in [1.82, 2.24) is 19.1 Å². The highest BCUT2D eigenvalue weighted by atomic mass is 15.0. The molecule has 0 bridgehead atoms. The fourth-order valence-electron chi connectivity index (χ4n) is 8.46. The van der Waals surface area contributed by atoms with Crippen LogP contribution in [0.25, 0.3) is 100 Å². The standard InChI is InChI=1S/C52H34N4/c1-5-18-35(19-6-1)45-34-46(36-20-7-2-8-21-36)54-52(53-45)37-32-44(50-43-27-14-16-31-48(43)55(49(50)33-37)38-22-9-3-10-23-38)42-29-17-28-41-40-26-13-15-30-47(40)56(51(41)42)39-24-11-4-12-25-39/h1-34H. The second kappa shape index (κ2) is 13.1. The summed E-state index contributed by atoms with van der Waals surface area (Å²) >= 11 is 0. The van der Waals surface area contributed by atoms with Crippen LogP contribution < -0.4 is 0 Å². The first-order chi connectivity index (χ1) is 27.8. The molecule has 4 heteroatoms. The van der Waals surface area contributed by atoms with Crippen LogP contribution in [0.2, 0.25) is 0 Å². The molecular weight excluding hydrogens is 681 g/mol. The summed E-state index contributed by atoms with van der Waals surface area (Å²) in [6, 6.07) is 73.2. The highest BCUT2D eigenvalue weighted by Crippen LogP contribution is 2.45. The van der Waals surface area contributed by atoms with Crippen molar-refractivity contribution in [1.29, 1.82) is 0 Å². The van der Waals surface area contributed by atoms with Crippen LogP contribution in [0.5, 0.6) is 0 Å². The zero-order valence-corrected chi connectivity index (χ0v) is 30.4. The van der Waals surface area contributed by atoms with E-state index in [1.807, 2.05) is 12.1 Å². The fourth-order valence-corrected chi connectivity index (χ4v) is 8.46. The first kappa shape index (κ1) is 31.9. The Labute approximate surface area is 324 Å². The van der Waals surface area contributed by atoms with Gasteiger partial charge < -0.3 is 9.13 Å². The molecule has 0 aliphatic rings. The summed E-state index contributed by atoms with van der Waals surface area (Å²) in [6.45, 7) is 0. The van der Waals surface area contributed by atoms with Gasteiger partial charge in [-0.15, -0.1) is 0 Å².